The van der Waals surface area contributed by atoms with E-state index >= 15 is 0 Å². The lowest BCUT2D eigenvalue weighted by molar-refractivity contribution is -0.148. The van der Waals surface area contributed by atoms with Crippen LogP contribution >= 0.6 is 0 Å². The van der Waals surface area contributed by atoms with E-state index < -0.39 is 16.0 Å². The number of anilines is 2. The largest absolute Gasteiger partial charge is 0.478 e. The van der Waals surface area contributed by atoms with Crippen LogP contribution in [0.15, 0.2) is 41.3 Å². The molecule has 0 amide bonds. The standard InChI is InChI=1S/C25H30N2O6S/c1-2-33-25(30)19-8-5-13-27(16-19)23-12-10-20(15-22(23)24(28)29)26-34(31,32)21-11-9-17-6-3-4-7-18(17)14-21/h9-12,14-15,19,26H,2-8,13,16H2,1H3,(H,28,29)/t19-/m1/s1. The van der Waals surface area contributed by atoms with Crippen LogP contribution in [0, 0.1) is 5.92 Å². The topological polar surface area (TPSA) is 113 Å². The Balaban J connectivity index is 1.57. The molecular weight excluding hydrogens is 456 g/mol. The van der Waals surface area contributed by atoms with Crippen LogP contribution in [-0.4, -0.2) is 45.2 Å². The highest BCUT2D eigenvalue weighted by molar-refractivity contribution is 7.92. The minimum absolute atomic E-state index is 0.0184. The van der Waals surface area contributed by atoms with Crippen molar-refractivity contribution in [2.24, 2.45) is 5.92 Å². The van der Waals surface area contributed by atoms with Crippen molar-refractivity contribution in [2.75, 3.05) is 29.3 Å². The first-order chi connectivity index (χ1) is 16.3. The second kappa shape index (κ2) is 10.0. The number of nitrogens with zero attached hydrogens (tertiary/aromatic N) is 1. The van der Waals surface area contributed by atoms with Crippen molar-refractivity contribution < 1.29 is 27.9 Å². The summed E-state index contributed by atoms with van der Waals surface area (Å²) < 4.78 is 33.7. The normalized spacial score (nSPS) is 18.1. The summed E-state index contributed by atoms with van der Waals surface area (Å²) in [4.78, 5) is 26.2. The molecule has 1 heterocycles. The van der Waals surface area contributed by atoms with Crippen LogP contribution in [0.3, 0.4) is 0 Å². The number of carbonyl (C=O) groups is 2. The molecule has 2 aromatic carbocycles. The van der Waals surface area contributed by atoms with Gasteiger partial charge in [-0.3, -0.25) is 9.52 Å². The maximum atomic E-state index is 13.0. The predicted molar refractivity (Wildman–Crippen MR) is 129 cm³/mol. The Hall–Kier alpha value is -3.07. The maximum absolute atomic E-state index is 13.0. The van der Waals surface area contributed by atoms with Gasteiger partial charge in [-0.25, -0.2) is 13.2 Å². The third-order valence-electron chi connectivity index (χ3n) is 6.49. The number of nitrogens with one attached hydrogen (secondary N) is 1. The molecule has 1 saturated heterocycles. The molecule has 0 radical (unpaired) electrons. The average molecular weight is 487 g/mol. The van der Waals surface area contributed by atoms with Gasteiger partial charge in [-0.1, -0.05) is 6.07 Å². The first kappa shape index (κ1) is 24.1. The smallest absolute Gasteiger partial charge is 0.337 e. The first-order valence-corrected chi connectivity index (χ1v) is 13.2. The number of piperidine rings is 1. The molecule has 8 nitrogen and oxygen atoms in total. The number of hydrogen-bond donors (Lipinski definition) is 2. The van der Waals surface area contributed by atoms with Gasteiger partial charge < -0.3 is 14.7 Å². The van der Waals surface area contributed by atoms with Crippen molar-refractivity contribution in [3.05, 3.63) is 53.1 Å². The van der Waals surface area contributed by atoms with Gasteiger partial charge in [0.2, 0.25) is 0 Å². The van der Waals surface area contributed by atoms with Crippen LogP contribution in [0.5, 0.6) is 0 Å². The lowest BCUT2D eigenvalue weighted by atomic mass is 9.92. The van der Waals surface area contributed by atoms with Gasteiger partial charge in [0.15, 0.2) is 0 Å². The van der Waals surface area contributed by atoms with E-state index in [2.05, 4.69) is 4.72 Å². The van der Waals surface area contributed by atoms with E-state index in [1.807, 2.05) is 11.0 Å². The fourth-order valence-electron chi connectivity index (χ4n) is 4.79. The summed E-state index contributed by atoms with van der Waals surface area (Å²) in [7, 11) is -3.87. The highest BCUT2D eigenvalue weighted by atomic mass is 32.2. The minimum Gasteiger partial charge on any atom is -0.478 e. The number of ether oxygens (including phenoxy) is 1. The number of rotatable bonds is 7. The fourth-order valence-corrected chi connectivity index (χ4v) is 5.89. The number of esters is 1. The summed E-state index contributed by atoms with van der Waals surface area (Å²) in [5, 5.41) is 9.83. The summed E-state index contributed by atoms with van der Waals surface area (Å²) in [6.45, 7) is 3.02. The van der Waals surface area contributed by atoms with Crippen molar-refractivity contribution in [3.63, 3.8) is 0 Å². The number of carboxylic acid groups (broad SMARTS) is 1. The Bertz CT molecular complexity index is 1190. The summed E-state index contributed by atoms with van der Waals surface area (Å²) in [5.41, 5.74) is 2.86. The van der Waals surface area contributed by atoms with Crippen molar-refractivity contribution >= 4 is 33.3 Å². The highest BCUT2D eigenvalue weighted by Gasteiger charge is 2.29. The molecule has 2 aromatic rings. The zero-order valence-electron chi connectivity index (χ0n) is 19.2. The Morgan fingerprint density at radius 2 is 1.85 bits per heavy atom. The Labute approximate surface area is 200 Å². The summed E-state index contributed by atoms with van der Waals surface area (Å²) in [5.74, 6) is -1.76. The van der Waals surface area contributed by atoms with E-state index in [9.17, 15) is 23.1 Å². The molecule has 1 aliphatic carbocycles. The Morgan fingerprint density at radius 1 is 1.09 bits per heavy atom. The Kier molecular flexibility index (Phi) is 7.11. The molecule has 4 rings (SSSR count). The minimum atomic E-state index is -3.87. The van der Waals surface area contributed by atoms with Crippen LogP contribution in [0.25, 0.3) is 0 Å². The van der Waals surface area contributed by atoms with Crippen molar-refractivity contribution in [1.29, 1.82) is 0 Å². The van der Waals surface area contributed by atoms with Gasteiger partial charge in [0.25, 0.3) is 10.0 Å². The fraction of sp³-hybridized carbons (Fsp3) is 0.440. The molecule has 0 spiro atoms. The molecule has 0 bridgehead atoms. The summed E-state index contributed by atoms with van der Waals surface area (Å²) >= 11 is 0. The number of carboxylic acids is 1. The lowest BCUT2D eigenvalue weighted by Crippen LogP contribution is -2.40. The van der Waals surface area contributed by atoms with Gasteiger partial charge in [-0.15, -0.1) is 0 Å². The number of carbonyl (C=O) groups excluding carboxylic acids is 1. The van der Waals surface area contributed by atoms with Gasteiger partial charge in [0, 0.05) is 18.8 Å². The van der Waals surface area contributed by atoms with E-state index in [1.54, 1.807) is 31.2 Å². The quantitative estimate of drug-likeness (QED) is 0.572. The summed E-state index contributed by atoms with van der Waals surface area (Å²) in [6.07, 6.45) is 5.39. The second-order valence-corrected chi connectivity index (χ2v) is 10.5. The molecule has 34 heavy (non-hydrogen) atoms. The van der Waals surface area contributed by atoms with Crippen LogP contribution < -0.4 is 9.62 Å². The molecule has 0 saturated carbocycles. The third kappa shape index (κ3) is 5.19. The monoisotopic (exact) mass is 486 g/mol. The molecule has 1 fully saturated rings. The number of aromatic carboxylic acids is 1. The Morgan fingerprint density at radius 3 is 2.59 bits per heavy atom. The first-order valence-electron chi connectivity index (χ1n) is 11.7. The van der Waals surface area contributed by atoms with Gasteiger partial charge in [-0.05, 0) is 86.9 Å². The molecule has 0 aromatic heterocycles. The van der Waals surface area contributed by atoms with E-state index in [4.69, 9.17) is 4.74 Å². The zero-order valence-corrected chi connectivity index (χ0v) is 20.1. The van der Waals surface area contributed by atoms with E-state index in [0.717, 1.165) is 37.7 Å². The average Bonchev–Trinajstić information content (AvgIpc) is 2.83. The van der Waals surface area contributed by atoms with Crippen molar-refractivity contribution in [3.8, 4) is 0 Å². The number of aryl methyl sites for hydroxylation is 2. The SMILES string of the molecule is CCOC(=O)[C@@H]1CCCN(c2ccc(NS(=O)(=O)c3ccc4c(c3)CCCC4)cc2C(=O)O)C1. The zero-order chi connectivity index (χ0) is 24.3. The van der Waals surface area contributed by atoms with Crippen molar-refractivity contribution in [1.82, 2.24) is 0 Å². The van der Waals surface area contributed by atoms with Gasteiger partial charge in [0.05, 0.1) is 28.7 Å². The van der Waals surface area contributed by atoms with Gasteiger partial charge >= 0.3 is 11.9 Å². The number of hydrogen-bond acceptors (Lipinski definition) is 6. The number of benzene rings is 2. The number of fused-ring (bicyclic) bond motifs is 1. The third-order valence-corrected chi connectivity index (χ3v) is 7.87. The molecule has 1 atom stereocenters. The molecular formula is C25H30N2O6S. The molecule has 182 valence electrons. The van der Waals surface area contributed by atoms with Gasteiger partial charge in [0.1, 0.15) is 0 Å². The summed E-state index contributed by atoms with van der Waals surface area (Å²) in [6, 6.07) is 9.68. The number of sulfonamides is 1. The molecule has 0 unspecified atom stereocenters. The molecule has 9 heteroatoms. The van der Waals surface area contributed by atoms with E-state index in [0.29, 0.717) is 31.8 Å². The highest BCUT2D eigenvalue weighted by Crippen LogP contribution is 2.31. The van der Waals surface area contributed by atoms with Crippen LogP contribution in [-0.2, 0) is 32.4 Å². The van der Waals surface area contributed by atoms with E-state index in [1.165, 1.54) is 11.6 Å². The maximum Gasteiger partial charge on any atom is 0.337 e. The molecule has 2 aliphatic rings. The van der Waals surface area contributed by atoms with Crippen LogP contribution in [0.2, 0.25) is 0 Å². The van der Waals surface area contributed by atoms with Crippen LogP contribution in [0.1, 0.15) is 54.1 Å². The van der Waals surface area contributed by atoms with Crippen molar-refractivity contribution in [2.45, 2.75) is 50.3 Å². The lowest BCUT2D eigenvalue weighted by Gasteiger charge is -2.34. The second-order valence-electron chi connectivity index (χ2n) is 8.82. The van der Waals surface area contributed by atoms with E-state index in [-0.39, 0.29) is 28.0 Å². The molecule has 2 N–H and O–H groups in total. The van der Waals surface area contributed by atoms with Crippen LogP contribution in [0.4, 0.5) is 11.4 Å². The molecule has 1 aliphatic heterocycles. The predicted octanol–water partition coefficient (Wildman–Crippen LogP) is 3.84. The van der Waals surface area contributed by atoms with Gasteiger partial charge in [-0.2, -0.15) is 0 Å².